The fourth-order valence-electron chi connectivity index (χ4n) is 5.10. The molecule has 0 radical (unpaired) electrons. The van der Waals surface area contributed by atoms with Crippen molar-refractivity contribution < 1.29 is 33.3 Å². The zero-order chi connectivity index (χ0) is 35.1. The monoisotopic (exact) mass is 672 g/mol. The van der Waals surface area contributed by atoms with Crippen LogP contribution in [0.2, 0.25) is 0 Å². The molecule has 0 saturated heterocycles. The summed E-state index contributed by atoms with van der Waals surface area (Å²) in [6, 6.07) is 18.7. The highest BCUT2D eigenvalue weighted by atomic mass is 16.5. The van der Waals surface area contributed by atoms with Crippen molar-refractivity contribution in [1.29, 1.82) is 0 Å². The lowest BCUT2D eigenvalue weighted by Crippen LogP contribution is -2.07. The van der Waals surface area contributed by atoms with Crippen LogP contribution in [0.4, 0.5) is 11.4 Å². The van der Waals surface area contributed by atoms with Gasteiger partial charge in [-0.1, -0.05) is 83.3 Å². The van der Waals surface area contributed by atoms with Crippen LogP contribution in [0.25, 0.3) is 6.08 Å². The van der Waals surface area contributed by atoms with Crippen LogP contribution in [-0.4, -0.2) is 37.7 Å². The first-order valence-electron chi connectivity index (χ1n) is 17.6. The minimum absolute atomic E-state index is 0.356. The summed E-state index contributed by atoms with van der Waals surface area (Å²) in [5, 5.41) is 0. The zero-order valence-corrected chi connectivity index (χ0v) is 28.8. The second-order valence-corrected chi connectivity index (χ2v) is 12.1. The van der Waals surface area contributed by atoms with E-state index >= 15 is 0 Å². The van der Waals surface area contributed by atoms with Gasteiger partial charge in [0.2, 0.25) is 0 Å². The van der Waals surface area contributed by atoms with Gasteiger partial charge in [0.1, 0.15) is 11.5 Å². The van der Waals surface area contributed by atoms with Gasteiger partial charge in [-0.05, 0) is 85.5 Å². The summed E-state index contributed by atoms with van der Waals surface area (Å²) < 4.78 is 21.8. The number of carbonyl (C=O) groups excluding carboxylic acids is 3. The van der Waals surface area contributed by atoms with Crippen LogP contribution >= 0.6 is 0 Å². The largest absolute Gasteiger partial charge is 0.494 e. The van der Waals surface area contributed by atoms with E-state index in [2.05, 4.69) is 6.92 Å². The zero-order valence-electron chi connectivity index (χ0n) is 28.8. The third-order valence-corrected chi connectivity index (χ3v) is 7.84. The van der Waals surface area contributed by atoms with E-state index in [0.717, 1.165) is 81.9 Å². The number of rotatable bonds is 23. The summed E-state index contributed by atoms with van der Waals surface area (Å²) in [4.78, 5) is 36.8. The molecular formula is C40H52N2O7. The van der Waals surface area contributed by atoms with Gasteiger partial charge >= 0.3 is 17.9 Å². The Bertz CT molecular complexity index is 1430. The van der Waals surface area contributed by atoms with E-state index in [1.807, 2.05) is 0 Å². The van der Waals surface area contributed by atoms with Crippen LogP contribution in [-0.2, 0) is 14.3 Å². The average molecular weight is 673 g/mol. The molecule has 0 unspecified atom stereocenters. The van der Waals surface area contributed by atoms with Crippen molar-refractivity contribution >= 4 is 35.4 Å². The molecule has 0 heterocycles. The van der Waals surface area contributed by atoms with Gasteiger partial charge in [0.05, 0.1) is 30.9 Å². The van der Waals surface area contributed by atoms with Crippen molar-refractivity contribution in [3.05, 3.63) is 89.5 Å². The van der Waals surface area contributed by atoms with Gasteiger partial charge in [0.15, 0.2) is 0 Å². The van der Waals surface area contributed by atoms with Crippen molar-refractivity contribution in [3.8, 4) is 11.5 Å². The average Bonchev–Trinajstić information content (AvgIpc) is 3.09. The van der Waals surface area contributed by atoms with Gasteiger partial charge in [-0.3, -0.25) is 0 Å². The standard InChI is InChI=1S/C40H52N2O7/c1-2-3-4-12-25-46-36-20-22-37(23-21-36)49-38(43)24-17-31-15-18-32(19-16-31)39(44)47-26-13-10-8-6-5-7-9-11-14-27-48-40(45)33-28-34(41)30-35(42)29-33/h15-24,28-30H,2-14,25-27,41-42H2,1H3/b24-17+. The van der Waals surface area contributed by atoms with E-state index in [-0.39, 0.29) is 5.97 Å². The Morgan fingerprint density at radius 3 is 1.63 bits per heavy atom. The molecule has 49 heavy (non-hydrogen) atoms. The van der Waals surface area contributed by atoms with Gasteiger partial charge in [0, 0.05) is 17.5 Å². The van der Waals surface area contributed by atoms with Crippen LogP contribution < -0.4 is 20.9 Å². The SMILES string of the molecule is CCCCCCOc1ccc(OC(=O)/C=C/c2ccc(C(=O)OCCCCCCCCCCCOC(=O)c3cc(N)cc(N)c3)cc2)cc1. The van der Waals surface area contributed by atoms with E-state index in [1.165, 1.54) is 18.9 Å². The van der Waals surface area contributed by atoms with Crippen molar-refractivity contribution in [2.24, 2.45) is 0 Å². The van der Waals surface area contributed by atoms with Gasteiger partial charge in [-0.15, -0.1) is 0 Å². The van der Waals surface area contributed by atoms with Gasteiger partial charge in [0.25, 0.3) is 0 Å². The minimum atomic E-state index is -0.491. The smallest absolute Gasteiger partial charge is 0.338 e. The van der Waals surface area contributed by atoms with Crippen LogP contribution in [0.1, 0.15) is 117 Å². The van der Waals surface area contributed by atoms with Gasteiger partial charge < -0.3 is 30.4 Å². The molecule has 0 fully saturated rings. The van der Waals surface area contributed by atoms with E-state index in [4.69, 9.17) is 30.4 Å². The number of nitrogens with two attached hydrogens (primary N) is 2. The Morgan fingerprint density at radius 2 is 1.06 bits per heavy atom. The number of hydrogen-bond donors (Lipinski definition) is 2. The van der Waals surface area contributed by atoms with E-state index in [0.29, 0.717) is 48.1 Å². The second kappa shape index (κ2) is 22.7. The van der Waals surface area contributed by atoms with Crippen molar-refractivity contribution in [1.82, 2.24) is 0 Å². The molecule has 9 heteroatoms. The van der Waals surface area contributed by atoms with Gasteiger partial charge in [-0.2, -0.15) is 0 Å². The molecule has 0 aromatic heterocycles. The van der Waals surface area contributed by atoms with Crippen LogP contribution in [0.15, 0.2) is 72.8 Å². The number of esters is 3. The normalized spacial score (nSPS) is 11.0. The van der Waals surface area contributed by atoms with Crippen LogP contribution in [0.3, 0.4) is 0 Å². The lowest BCUT2D eigenvalue weighted by atomic mass is 10.1. The predicted molar refractivity (Wildman–Crippen MR) is 195 cm³/mol. The Kier molecular flexibility index (Phi) is 17.9. The molecule has 3 rings (SSSR count). The quantitative estimate of drug-likeness (QED) is 0.0332. The Hall–Kier alpha value is -4.79. The Balaban J connectivity index is 1.18. The Morgan fingerprint density at radius 1 is 0.571 bits per heavy atom. The first-order valence-corrected chi connectivity index (χ1v) is 17.6. The third-order valence-electron chi connectivity index (χ3n) is 7.84. The lowest BCUT2D eigenvalue weighted by Gasteiger charge is -2.07. The molecule has 3 aromatic rings. The molecule has 0 saturated carbocycles. The Labute approximate surface area is 291 Å². The molecule has 9 nitrogen and oxygen atoms in total. The van der Waals surface area contributed by atoms with Crippen molar-refractivity contribution in [2.45, 2.75) is 90.4 Å². The highest BCUT2D eigenvalue weighted by Crippen LogP contribution is 2.19. The molecule has 0 bridgehead atoms. The number of anilines is 2. The summed E-state index contributed by atoms with van der Waals surface area (Å²) in [5.41, 5.74) is 14.0. The topological polar surface area (TPSA) is 140 Å². The summed E-state index contributed by atoms with van der Waals surface area (Å²) >= 11 is 0. The number of unbranched alkanes of at least 4 members (excludes halogenated alkanes) is 11. The number of nitrogen functional groups attached to an aromatic ring is 2. The highest BCUT2D eigenvalue weighted by molar-refractivity contribution is 5.92. The van der Waals surface area contributed by atoms with Crippen LogP contribution in [0.5, 0.6) is 11.5 Å². The molecule has 0 amide bonds. The summed E-state index contributed by atoms with van der Waals surface area (Å²) in [5.74, 6) is -0.0505. The molecule has 4 N–H and O–H groups in total. The maximum atomic E-state index is 12.4. The number of carbonyl (C=O) groups is 3. The lowest BCUT2D eigenvalue weighted by molar-refractivity contribution is -0.128. The molecule has 3 aromatic carbocycles. The van der Waals surface area contributed by atoms with Crippen molar-refractivity contribution in [2.75, 3.05) is 31.3 Å². The fraction of sp³-hybridized carbons (Fsp3) is 0.425. The second-order valence-electron chi connectivity index (χ2n) is 12.1. The van der Waals surface area contributed by atoms with Crippen LogP contribution in [0, 0.1) is 0 Å². The maximum absolute atomic E-state index is 12.4. The maximum Gasteiger partial charge on any atom is 0.338 e. The molecular weight excluding hydrogens is 620 g/mol. The highest BCUT2D eigenvalue weighted by Gasteiger charge is 2.09. The van der Waals surface area contributed by atoms with E-state index in [1.54, 1.807) is 72.8 Å². The molecule has 0 aliphatic carbocycles. The van der Waals surface area contributed by atoms with Gasteiger partial charge in [-0.25, -0.2) is 14.4 Å². The molecule has 0 aliphatic rings. The number of hydrogen-bond acceptors (Lipinski definition) is 9. The third kappa shape index (κ3) is 16.2. The molecule has 0 atom stereocenters. The number of benzene rings is 3. The minimum Gasteiger partial charge on any atom is -0.494 e. The summed E-state index contributed by atoms with van der Waals surface area (Å²) in [6.07, 6.45) is 16.9. The fourth-order valence-corrected chi connectivity index (χ4v) is 5.10. The molecule has 0 spiro atoms. The summed E-state index contributed by atoms with van der Waals surface area (Å²) in [7, 11) is 0. The molecule has 0 aliphatic heterocycles. The number of ether oxygens (including phenoxy) is 4. The van der Waals surface area contributed by atoms with E-state index < -0.39 is 11.9 Å². The first kappa shape index (κ1) is 38.7. The molecule has 264 valence electrons. The summed E-state index contributed by atoms with van der Waals surface area (Å²) in [6.45, 7) is 3.63. The first-order chi connectivity index (χ1) is 23.8. The van der Waals surface area contributed by atoms with E-state index in [9.17, 15) is 14.4 Å². The van der Waals surface area contributed by atoms with Crippen molar-refractivity contribution in [3.63, 3.8) is 0 Å². The predicted octanol–water partition coefficient (Wildman–Crippen LogP) is 8.95.